The summed E-state index contributed by atoms with van der Waals surface area (Å²) < 4.78 is 1.55. The number of rotatable bonds is 4. The molecular weight excluding hydrogens is 346 g/mol. The molecule has 24 heavy (non-hydrogen) atoms. The molecule has 0 aliphatic heterocycles. The molecule has 0 bridgehead atoms. The first kappa shape index (κ1) is 15.3. The first-order chi connectivity index (χ1) is 11.6. The van der Waals surface area contributed by atoms with Crippen LogP contribution in [0.4, 0.5) is 5.13 Å². The van der Waals surface area contributed by atoms with Crippen molar-refractivity contribution < 1.29 is 4.79 Å². The molecule has 1 saturated carbocycles. The summed E-state index contributed by atoms with van der Waals surface area (Å²) in [5.74, 6) is 0.274. The molecule has 122 valence electrons. The van der Waals surface area contributed by atoms with Crippen LogP contribution in [0, 0.1) is 0 Å². The second-order valence-corrected chi connectivity index (χ2v) is 7.17. The Kier molecular flexibility index (Phi) is 3.82. The molecule has 1 aromatic carbocycles. The van der Waals surface area contributed by atoms with Gasteiger partial charge in [-0.05, 0) is 31.0 Å². The van der Waals surface area contributed by atoms with Crippen molar-refractivity contribution in [2.45, 2.75) is 18.8 Å². The van der Waals surface area contributed by atoms with Gasteiger partial charge in [0.2, 0.25) is 5.13 Å². The number of aromatic nitrogens is 4. The topological polar surface area (TPSA) is 72.7 Å². The lowest BCUT2D eigenvalue weighted by molar-refractivity contribution is 0.101. The Morgan fingerprint density at radius 3 is 2.92 bits per heavy atom. The maximum Gasteiger partial charge on any atom is 0.275 e. The van der Waals surface area contributed by atoms with Crippen LogP contribution >= 0.6 is 22.9 Å². The zero-order valence-electron chi connectivity index (χ0n) is 12.9. The van der Waals surface area contributed by atoms with Crippen molar-refractivity contribution in [1.29, 1.82) is 0 Å². The summed E-state index contributed by atoms with van der Waals surface area (Å²) in [6, 6.07) is 9.12. The SMILES string of the molecule is Cn1nc(-c2cccc(Cl)c2)cc1C(=O)Nc1nnc(C2CC2)s1. The summed E-state index contributed by atoms with van der Waals surface area (Å²) in [7, 11) is 1.73. The van der Waals surface area contributed by atoms with Crippen LogP contribution in [0.3, 0.4) is 0 Å². The smallest absolute Gasteiger partial charge is 0.275 e. The summed E-state index contributed by atoms with van der Waals surface area (Å²) in [5.41, 5.74) is 2.01. The quantitative estimate of drug-likeness (QED) is 0.770. The van der Waals surface area contributed by atoms with Crippen LogP contribution in [0.2, 0.25) is 5.02 Å². The number of hydrogen-bond acceptors (Lipinski definition) is 5. The molecule has 2 aromatic heterocycles. The summed E-state index contributed by atoms with van der Waals surface area (Å²) in [4.78, 5) is 12.5. The van der Waals surface area contributed by atoms with E-state index in [0.717, 1.165) is 23.4 Å². The highest BCUT2D eigenvalue weighted by atomic mass is 35.5. The first-order valence-electron chi connectivity index (χ1n) is 7.55. The number of carbonyl (C=O) groups is 1. The fraction of sp³-hybridized carbons (Fsp3) is 0.250. The van der Waals surface area contributed by atoms with Gasteiger partial charge in [0.05, 0.1) is 5.69 Å². The highest BCUT2D eigenvalue weighted by molar-refractivity contribution is 7.15. The van der Waals surface area contributed by atoms with E-state index in [4.69, 9.17) is 11.6 Å². The molecule has 1 amide bonds. The highest BCUT2D eigenvalue weighted by Gasteiger charge is 2.28. The molecular formula is C16H14ClN5OS. The number of amides is 1. The number of anilines is 1. The molecule has 0 radical (unpaired) electrons. The minimum absolute atomic E-state index is 0.253. The van der Waals surface area contributed by atoms with E-state index in [2.05, 4.69) is 20.6 Å². The molecule has 6 nitrogen and oxygen atoms in total. The van der Waals surface area contributed by atoms with Crippen LogP contribution in [0.5, 0.6) is 0 Å². The van der Waals surface area contributed by atoms with Gasteiger partial charge in [-0.25, -0.2) is 0 Å². The molecule has 4 rings (SSSR count). The Balaban J connectivity index is 1.55. The summed E-state index contributed by atoms with van der Waals surface area (Å²) >= 11 is 7.45. The Hall–Kier alpha value is -2.25. The predicted octanol–water partition coefficient (Wildman–Crippen LogP) is 3.72. The number of halogens is 1. The minimum Gasteiger partial charge on any atom is -0.295 e. The van der Waals surface area contributed by atoms with E-state index in [0.29, 0.717) is 27.5 Å². The van der Waals surface area contributed by atoms with Crippen LogP contribution in [0.1, 0.15) is 34.3 Å². The van der Waals surface area contributed by atoms with Crippen molar-refractivity contribution >= 4 is 34.0 Å². The number of nitrogens with zero attached hydrogens (tertiary/aromatic N) is 4. The third kappa shape index (κ3) is 3.05. The van der Waals surface area contributed by atoms with Gasteiger partial charge in [-0.1, -0.05) is 35.1 Å². The maximum atomic E-state index is 12.5. The molecule has 0 spiro atoms. The van der Waals surface area contributed by atoms with E-state index in [1.165, 1.54) is 11.3 Å². The third-order valence-electron chi connectivity index (χ3n) is 3.82. The molecule has 3 aromatic rings. The Labute approximate surface area is 147 Å². The lowest BCUT2D eigenvalue weighted by Crippen LogP contribution is -2.15. The normalized spacial score (nSPS) is 13.9. The van der Waals surface area contributed by atoms with Crippen molar-refractivity contribution in [3.05, 3.63) is 46.1 Å². The second kappa shape index (κ2) is 5.99. The average molecular weight is 360 g/mol. The van der Waals surface area contributed by atoms with E-state index in [9.17, 15) is 4.79 Å². The van der Waals surface area contributed by atoms with Gasteiger partial charge in [-0.3, -0.25) is 14.8 Å². The van der Waals surface area contributed by atoms with Gasteiger partial charge in [0.25, 0.3) is 5.91 Å². The van der Waals surface area contributed by atoms with E-state index in [1.807, 2.05) is 18.2 Å². The second-order valence-electron chi connectivity index (χ2n) is 5.72. The monoisotopic (exact) mass is 359 g/mol. The molecule has 0 unspecified atom stereocenters. The molecule has 1 aliphatic rings. The summed E-state index contributed by atoms with van der Waals surface area (Å²) in [6.07, 6.45) is 2.32. The van der Waals surface area contributed by atoms with Gasteiger partial charge < -0.3 is 0 Å². The van der Waals surface area contributed by atoms with Crippen molar-refractivity contribution in [2.75, 3.05) is 5.32 Å². The van der Waals surface area contributed by atoms with Gasteiger partial charge in [0, 0.05) is 23.6 Å². The van der Waals surface area contributed by atoms with E-state index < -0.39 is 0 Å². The van der Waals surface area contributed by atoms with Gasteiger partial charge in [0.1, 0.15) is 10.7 Å². The van der Waals surface area contributed by atoms with E-state index in [-0.39, 0.29) is 5.91 Å². The van der Waals surface area contributed by atoms with Crippen LogP contribution < -0.4 is 5.32 Å². The Morgan fingerprint density at radius 2 is 2.17 bits per heavy atom. The zero-order chi connectivity index (χ0) is 16.7. The maximum absolute atomic E-state index is 12.5. The van der Waals surface area contributed by atoms with Crippen molar-refractivity contribution in [3.8, 4) is 11.3 Å². The van der Waals surface area contributed by atoms with Gasteiger partial charge in [-0.2, -0.15) is 5.10 Å². The standard InChI is InChI=1S/C16H14ClN5OS/c1-22-13(8-12(21-22)10-3-2-4-11(17)7-10)14(23)18-16-20-19-15(24-16)9-5-6-9/h2-4,7-9H,5-6H2,1H3,(H,18,20,23). The van der Waals surface area contributed by atoms with Gasteiger partial charge >= 0.3 is 0 Å². The number of nitrogens with one attached hydrogen (secondary N) is 1. The van der Waals surface area contributed by atoms with Crippen molar-refractivity contribution in [3.63, 3.8) is 0 Å². The van der Waals surface area contributed by atoms with Crippen LogP contribution in [0.15, 0.2) is 30.3 Å². The minimum atomic E-state index is -0.253. The fourth-order valence-corrected chi connectivity index (χ4v) is 3.51. The molecule has 1 N–H and O–H groups in total. The van der Waals surface area contributed by atoms with Crippen LogP contribution in [-0.2, 0) is 7.05 Å². The number of carbonyl (C=O) groups excluding carboxylic acids is 1. The van der Waals surface area contributed by atoms with Crippen molar-refractivity contribution in [2.24, 2.45) is 7.05 Å². The molecule has 2 heterocycles. The molecule has 8 heteroatoms. The first-order valence-corrected chi connectivity index (χ1v) is 8.74. The largest absolute Gasteiger partial charge is 0.295 e. The number of aryl methyl sites for hydroxylation is 1. The number of benzene rings is 1. The molecule has 1 aliphatic carbocycles. The summed E-state index contributed by atoms with van der Waals surface area (Å²) in [5, 5.41) is 17.5. The molecule has 0 saturated heterocycles. The Bertz CT molecular complexity index is 915. The van der Waals surface area contributed by atoms with Gasteiger partial charge in [0.15, 0.2) is 0 Å². The lowest BCUT2D eigenvalue weighted by atomic mass is 10.1. The zero-order valence-corrected chi connectivity index (χ0v) is 14.4. The lowest BCUT2D eigenvalue weighted by Gasteiger charge is -2.00. The van der Waals surface area contributed by atoms with Crippen LogP contribution in [-0.4, -0.2) is 25.9 Å². The fourth-order valence-electron chi connectivity index (χ4n) is 2.41. The van der Waals surface area contributed by atoms with Crippen molar-refractivity contribution in [1.82, 2.24) is 20.0 Å². The highest BCUT2D eigenvalue weighted by Crippen LogP contribution is 2.42. The molecule has 0 atom stereocenters. The average Bonchev–Trinajstić information content (AvgIpc) is 3.18. The van der Waals surface area contributed by atoms with Crippen LogP contribution in [0.25, 0.3) is 11.3 Å². The summed E-state index contributed by atoms with van der Waals surface area (Å²) in [6.45, 7) is 0. The predicted molar refractivity (Wildman–Crippen MR) is 93.5 cm³/mol. The van der Waals surface area contributed by atoms with E-state index in [1.54, 1.807) is 23.9 Å². The van der Waals surface area contributed by atoms with E-state index >= 15 is 0 Å². The van der Waals surface area contributed by atoms with Gasteiger partial charge in [-0.15, -0.1) is 10.2 Å². The Morgan fingerprint density at radius 1 is 1.33 bits per heavy atom. The molecule has 1 fully saturated rings. The third-order valence-corrected chi connectivity index (χ3v) is 5.06. The number of hydrogen-bond donors (Lipinski definition) is 1.